The predicted octanol–water partition coefficient (Wildman–Crippen LogP) is 1.94. The van der Waals surface area contributed by atoms with E-state index in [0.717, 1.165) is 12.8 Å². The highest BCUT2D eigenvalue weighted by Gasteiger charge is 2.38. The fourth-order valence-corrected chi connectivity index (χ4v) is 3.18. The molecule has 136 valence electrons. The van der Waals surface area contributed by atoms with E-state index < -0.39 is 17.4 Å². The minimum absolute atomic E-state index is 0.00999. The zero-order valence-electron chi connectivity index (χ0n) is 14.8. The summed E-state index contributed by atoms with van der Waals surface area (Å²) in [5.41, 5.74) is -0.582. The number of nitrogens with one attached hydrogen (secondary N) is 1. The Morgan fingerprint density at radius 3 is 2.56 bits per heavy atom. The third-order valence-corrected chi connectivity index (χ3v) is 4.84. The van der Waals surface area contributed by atoms with Gasteiger partial charge in [-0.1, -0.05) is 37.3 Å². The van der Waals surface area contributed by atoms with Crippen molar-refractivity contribution < 1.29 is 19.5 Å². The fourth-order valence-electron chi connectivity index (χ4n) is 3.18. The molecule has 1 aromatic rings. The van der Waals surface area contributed by atoms with E-state index in [2.05, 4.69) is 5.32 Å². The summed E-state index contributed by atoms with van der Waals surface area (Å²) in [4.78, 5) is 38.1. The number of nitrogens with zero attached hydrogens (tertiary/aromatic N) is 1. The molecule has 1 aliphatic heterocycles. The molecule has 6 nitrogen and oxygen atoms in total. The summed E-state index contributed by atoms with van der Waals surface area (Å²) < 4.78 is 0. The van der Waals surface area contributed by atoms with Gasteiger partial charge in [0.05, 0.1) is 0 Å². The zero-order chi connectivity index (χ0) is 18.4. The molecule has 2 rings (SSSR count). The second-order valence-corrected chi connectivity index (χ2v) is 6.72. The summed E-state index contributed by atoms with van der Waals surface area (Å²) in [6, 6.07) is 8.37. The number of carbonyl (C=O) groups is 3. The van der Waals surface area contributed by atoms with Crippen molar-refractivity contribution in [3.63, 3.8) is 0 Å². The lowest BCUT2D eigenvalue weighted by atomic mass is 9.82. The Hall–Kier alpha value is -2.37. The molecule has 2 N–H and O–H groups in total. The molecule has 2 atom stereocenters. The molecule has 0 radical (unpaired) electrons. The van der Waals surface area contributed by atoms with Crippen molar-refractivity contribution in [1.29, 1.82) is 0 Å². The quantitative estimate of drug-likeness (QED) is 0.790. The molecule has 1 fully saturated rings. The Kier molecular flexibility index (Phi) is 6.17. The van der Waals surface area contributed by atoms with Crippen LogP contribution < -0.4 is 5.32 Å². The van der Waals surface area contributed by atoms with Gasteiger partial charge in [-0.3, -0.25) is 14.4 Å². The van der Waals surface area contributed by atoms with Crippen molar-refractivity contribution >= 4 is 17.8 Å². The van der Waals surface area contributed by atoms with Gasteiger partial charge in [0.15, 0.2) is 0 Å². The van der Waals surface area contributed by atoms with Crippen LogP contribution in [0.4, 0.5) is 0 Å². The van der Waals surface area contributed by atoms with Crippen LogP contribution in [0.3, 0.4) is 0 Å². The number of benzene rings is 1. The van der Waals surface area contributed by atoms with Crippen molar-refractivity contribution in [2.45, 2.75) is 51.0 Å². The van der Waals surface area contributed by atoms with Crippen LogP contribution in [0.2, 0.25) is 0 Å². The maximum atomic E-state index is 12.6. The van der Waals surface area contributed by atoms with Crippen molar-refractivity contribution in [1.82, 2.24) is 10.2 Å². The topological polar surface area (TPSA) is 86.7 Å². The first-order chi connectivity index (χ1) is 11.9. The number of amides is 2. The van der Waals surface area contributed by atoms with Gasteiger partial charge in [-0.05, 0) is 31.7 Å². The lowest BCUT2D eigenvalue weighted by molar-refractivity contribution is -0.144. The SMILES string of the molecule is CCCC(=O)N1CCCC1C(=O)NCC(C)(C(=O)O)c1ccccc1. The number of rotatable bonds is 7. The van der Waals surface area contributed by atoms with Crippen molar-refractivity contribution in [3.8, 4) is 0 Å². The first-order valence-corrected chi connectivity index (χ1v) is 8.76. The van der Waals surface area contributed by atoms with E-state index in [1.54, 1.807) is 36.1 Å². The number of carbonyl (C=O) groups excluding carboxylic acids is 2. The largest absolute Gasteiger partial charge is 0.481 e. The van der Waals surface area contributed by atoms with Gasteiger partial charge in [0.25, 0.3) is 0 Å². The van der Waals surface area contributed by atoms with Crippen LogP contribution in [-0.2, 0) is 19.8 Å². The van der Waals surface area contributed by atoms with Gasteiger partial charge in [-0.25, -0.2) is 0 Å². The second kappa shape index (κ2) is 8.14. The molecule has 6 heteroatoms. The number of carboxylic acids is 1. The van der Waals surface area contributed by atoms with Crippen LogP contribution in [-0.4, -0.2) is 46.9 Å². The van der Waals surface area contributed by atoms with Crippen LogP contribution >= 0.6 is 0 Å². The molecule has 1 heterocycles. The zero-order valence-corrected chi connectivity index (χ0v) is 14.8. The molecular weight excluding hydrogens is 320 g/mol. The number of aliphatic carboxylic acids is 1. The fraction of sp³-hybridized carbons (Fsp3) is 0.526. The van der Waals surface area contributed by atoms with Crippen molar-refractivity contribution in [2.24, 2.45) is 0 Å². The van der Waals surface area contributed by atoms with E-state index >= 15 is 0 Å². The molecule has 0 saturated carbocycles. The van der Waals surface area contributed by atoms with Gasteiger partial charge in [0.1, 0.15) is 11.5 Å². The number of likely N-dealkylation sites (tertiary alicyclic amines) is 1. The van der Waals surface area contributed by atoms with Crippen LogP contribution in [0.1, 0.15) is 45.1 Å². The minimum Gasteiger partial charge on any atom is -0.481 e. The maximum Gasteiger partial charge on any atom is 0.315 e. The Bertz CT molecular complexity index is 632. The molecule has 2 unspecified atom stereocenters. The predicted molar refractivity (Wildman–Crippen MR) is 94.1 cm³/mol. The summed E-state index contributed by atoms with van der Waals surface area (Å²) >= 11 is 0. The monoisotopic (exact) mass is 346 g/mol. The molecule has 25 heavy (non-hydrogen) atoms. The third-order valence-electron chi connectivity index (χ3n) is 4.84. The lowest BCUT2D eigenvalue weighted by Crippen LogP contribution is -2.50. The van der Waals surface area contributed by atoms with Gasteiger partial charge in [0, 0.05) is 19.5 Å². The van der Waals surface area contributed by atoms with E-state index in [-0.39, 0.29) is 18.4 Å². The van der Waals surface area contributed by atoms with Crippen LogP contribution in [0.25, 0.3) is 0 Å². The lowest BCUT2D eigenvalue weighted by Gasteiger charge is -2.28. The molecule has 1 aromatic carbocycles. The number of hydrogen-bond donors (Lipinski definition) is 2. The van der Waals surface area contributed by atoms with Crippen molar-refractivity contribution in [3.05, 3.63) is 35.9 Å². The number of carboxylic acid groups (broad SMARTS) is 1. The average Bonchev–Trinajstić information content (AvgIpc) is 3.10. The van der Waals surface area contributed by atoms with Gasteiger partial charge in [-0.2, -0.15) is 0 Å². The molecule has 1 aliphatic rings. The van der Waals surface area contributed by atoms with Gasteiger partial charge >= 0.3 is 5.97 Å². The Balaban J connectivity index is 2.06. The number of hydrogen-bond acceptors (Lipinski definition) is 3. The Morgan fingerprint density at radius 2 is 1.96 bits per heavy atom. The summed E-state index contributed by atoms with van der Waals surface area (Å²) in [6.45, 7) is 4.10. The van der Waals surface area contributed by atoms with E-state index in [9.17, 15) is 19.5 Å². The summed E-state index contributed by atoms with van der Waals surface area (Å²) in [7, 11) is 0. The molecular formula is C19H26N2O4. The van der Waals surface area contributed by atoms with Crippen LogP contribution in [0.15, 0.2) is 30.3 Å². The second-order valence-electron chi connectivity index (χ2n) is 6.72. The first-order valence-electron chi connectivity index (χ1n) is 8.76. The normalized spacial score (nSPS) is 19.3. The minimum atomic E-state index is -1.21. The van der Waals surface area contributed by atoms with E-state index in [1.165, 1.54) is 0 Å². The molecule has 2 amide bonds. The van der Waals surface area contributed by atoms with E-state index in [0.29, 0.717) is 24.9 Å². The summed E-state index contributed by atoms with van der Waals surface area (Å²) in [5.74, 6) is -1.28. The van der Waals surface area contributed by atoms with E-state index in [1.807, 2.05) is 13.0 Å². The Morgan fingerprint density at radius 1 is 1.28 bits per heavy atom. The molecule has 0 spiro atoms. The molecule has 0 aromatic heterocycles. The maximum absolute atomic E-state index is 12.6. The van der Waals surface area contributed by atoms with Crippen LogP contribution in [0, 0.1) is 0 Å². The van der Waals surface area contributed by atoms with Crippen molar-refractivity contribution in [2.75, 3.05) is 13.1 Å². The first kappa shape index (κ1) is 19.0. The third kappa shape index (κ3) is 4.18. The van der Waals surface area contributed by atoms with Gasteiger partial charge in [-0.15, -0.1) is 0 Å². The average molecular weight is 346 g/mol. The highest BCUT2D eigenvalue weighted by molar-refractivity contribution is 5.89. The van der Waals surface area contributed by atoms with Gasteiger partial charge in [0.2, 0.25) is 11.8 Å². The van der Waals surface area contributed by atoms with Crippen LogP contribution in [0.5, 0.6) is 0 Å². The highest BCUT2D eigenvalue weighted by Crippen LogP contribution is 2.24. The van der Waals surface area contributed by atoms with E-state index in [4.69, 9.17) is 0 Å². The molecule has 1 saturated heterocycles. The molecule has 0 aliphatic carbocycles. The Labute approximate surface area is 148 Å². The van der Waals surface area contributed by atoms with Gasteiger partial charge < -0.3 is 15.3 Å². The highest BCUT2D eigenvalue weighted by atomic mass is 16.4. The standard InChI is InChI=1S/C19H26N2O4/c1-3-8-16(22)21-12-7-11-15(21)17(23)20-13-19(2,18(24)25)14-9-5-4-6-10-14/h4-6,9-10,15H,3,7-8,11-13H2,1-2H3,(H,20,23)(H,24,25). The smallest absolute Gasteiger partial charge is 0.315 e. The molecule has 0 bridgehead atoms. The summed E-state index contributed by atoms with van der Waals surface area (Å²) in [6.07, 6.45) is 2.59. The summed E-state index contributed by atoms with van der Waals surface area (Å²) in [5, 5.41) is 12.4.